The van der Waals surface area contributed by atoms with Crippen LogP contribution in [0.2, 0.25) is 0 Å². The molecule has 7 heavy (non-hydrogen) atoms. The monoisotopic (exact) mass is 120 g/mol. The van der Waals surface area contributed by atoms with Crippen molar-refractivity contribution in [2.75, 3.05) is 13.3 Å². The van der Waals surface area contributed by atoms with Crippen LogP contribution in [0, 0.1) is 0 Å². The van der Waals surface area contributed by atoms with Gasteiger partial charge < -0.3 is 9.42 Å². The van der Waals surface area contributed by atoms with Crippen molar-refractivity contribution in [2.24, 2.45) is 0 Å². The molecule has 0 aliphatic carbocycles. The van der Waals surface area contributed by atoms with Crippen LogP contribution in [0.4, 0.5) is 0 Å². The fourth-order valence-electron chi connectivity index (χ4n) is 0.161. The fourth-order valence-corrected chi connectivity index (χ4v) is 0.482. The summed E-state index contributed by atoms with van der Waals surface area (Å²) in [6.07, 6.45) is 1.61. The van der Waals surface area contributed by atoms with Crippen molar-refractivity contribution in [3.63, 3.8) is 0 Å². The average Bonchev–Trinajstić information content (AvgIpc) is 1.61. The molecule has 3 heteroatoms. The Hall–Kier alpha value is 0.0900. The lowest BCUT2D eigenvalue weighted by atomic mass is 10.7. The highest BCUT2D eigenvalue weighted by molar-refractivity contribution is 7.45. The van der Waals surface area contributed by atoms with Crippen molar-refractivity contribution in [2.45, 2.75) is 0 Å². The van der Waals surface area contributed by atoms with Gasteiger partial charge in [0, 0.05) is 6.66 Å². The topological polar surface area (TPSA) is 29.5 Å². The predicted molar refractivity (Wildman–Crippen MR) is 31.2 cm³/mol. The summed E-state index contributed by atoms with van der Waals surface area (Å²) in [5, 5.41) is 0. The molecule has 0 aliphatic rings. The van der Waals surface area contributed by atoms with Crippen molar-refractivity contribution in [3.8, 4) is 0 Å². The molecule has 1 unspecified atom stereocenters. The molecule has 0 aliphatic heterocycles. The van der Waals surface area contributed by atoms with Crippen molar-refractivity contribution in [1.82, 2.24) is 0 Å². The SMILES string of the molecule is C=CCOP(C)O. The Balaban J connectivity index is 2.81. The Morgan fingerprint density at radius 2 is 2.57 bits per heavy atom. The van der Waals surface area contributed by atoms with Gasteiger partial charge in [-0.1, -0.05) is 6.08 Å². The van der Waals surface area contributed by atoms with Gasteiger partial charge in [0.05, 0.1) is 6.61 Å². The van der Waals surface area contributed by atoms with Crippen molar-refractivity contribution < 1.29 is 9.42 Å². The van der Waals surface area contributed by atoms with E-state index in [9.17, 15) is 0 Å². The summed E-state index contributed by atoms with van der Waals surface area (Å²) < 4.78 is 4.69. The maximum Gasteiger partial charge on any atom is 0.164 e. The van der Waals surface area contributed by atoms with E-state index in [2.05, 4.69) is 6.58 Å². The zero-order chi connectivity index (χ0) is 5.70. The van der Waals surface area contributed by atoms with Gasteiger partial charge in [-0.2, -0.15) is 0 Å². The molecule has 0 saturated carbocycles. The highest BCUT2D eigenvalue weighted by atomic mass is 31.2. The maximum atomic E-state index is 8.48. The first-order valence-electron chi connectivity index (χ1n) is 1.93. The fraction of sp³-hybridized carbons (Fsp3) is 0.500. The van der Waals surface area contributed by atoms with Crippen LogP contribution in [0.5, 0.6) is 0 Å². The summed E-state index contributed by atoms with van der Waals surface area (Å²) in [5.41, 5.74) is 0. The van der Waals surface area contributed by atoms with Crippen LogP contribution in [0.3, 0.4) is 0 Å². The van der Waals surface area contributed by atoms with E-state index in [1.165, 1.54) is 0 Å². The van der Waals surface area contributed by atoms with Crippen LogP contribution in [-0.4, -0.2) is 18.2 Å². The first-order valence-corrected chi connectivity index (χ1v) is 3.59. The van der Waals surface area contributed by atoms with Crippen molar-refractivity contribution >= 4 is 8.38 Å². The standard InChI is InChI=1S/C4H9O2P/c1-3-4-6-7(2)5/h3,5H,1,4H2,2H3. The molecule has 0 amide bonds. The van der Waals surface area contributed by atoms with E-state index in [0.29, 0.717) is 6.61 Å². The van der Waals surface area contributed by atoms with Gasteiger partial charge in [-0.25, -0.2) is 0 Å². The summed E-state index contributed by atoms with van der Waals surface area (Å²) in [6.45, 7) is 5.47. The van der Waals surface area contributed by atoms with Gasteiger partial charge in [0.1, 0.15) is 0 Å². The number of hydrogen-bond acceptors (Lipinski definition) is 2. The average molecular weight is 120 g/mol. The summed E-state index contributed by atoms with van der Waals surface area (Å²) in [6, 6.07) is 0. The maximum absolute atomic E-state index is 8.48. The number of hydrogen-bond donors (Lipinski definition) is 1. The molecule has 42 valence electrons. The lowest BCUT2D eigenvalue weighted by molar-refractivity contribution is 0.354. The molecule has 0 aromatic rings. The van der Waals surface area contributed by atoms with E-state index in [1.54, 1.807) is 12.7 Å². The number of rotatable bonds is 3. The van der Waals surface area contributed by atoms with Crippen molar-refractivity contribution in [1.29, 1.82) is 0 Å². The lowest BCUT2D eigenvalue weighted by Gasteiger charge is -1.98. The van der Waals surface area contributed by atoms with E-state index in [-0.39, 0.29) is 0 Å². The third-order valence-electron chi connectivity index (χ3n) is 0.379. The van der Waals surface area contributed by atoms with Gasteiger partial charge in [0.15, 0.2) is 8.38 Å². The normalized spacial score (nSPS) is 13.4. The van der Waals surface area contributed by atoms with Crippen molar-refractivity contribution in [3.05, 3.63) is 12.7 Å². The molecule has 0 bridgehead atoms. The van der Waals surface area contributed by atoms with Crippen LogP contribution in [0.25, 0.3) is 0 Å². The van der Waals surface area contributed by atoms with Gasteiger partial charge in [0.25, 0.3) is 0 Å². The van der Waals surface area contributed by atoms with Gasteiger partial charge in [-0.15, -0.1) is 6.58 Å². The second kappa shape index (κ2) is 4.25. The molecular formula is C4H9O2P. The zero-order valence-corrected chi connectivity index (χ0v) is 5.19. The van der Waals surface area contributed by atoms with Crippen LogP contribution >= 0.6 is 8.38 Å². The third kappa shape index (κ3) is 6.09. The van der Waals surface area contributed by atoms with Gasteiger partial charge in [-0.3, -0.25) is 0 Å². The van der Waals surface area contributed by atoms with E-state index < -0.39 is 8.38 Å². The van der Waals surface area contributed by atoms with E-state index in [0.717, 1.165) is 0 Å². The molecule has 1 atom stereocenters. The Labute approximate surface area is 44.7 Å². The largest absolute Gasteiger partial charge is 0.350 e. The van der Waals surface area contributed by atoms with Crippen LogP contribution in [0.15, 0.2) is 12.7 Å². The van der Waals surface area contributed by atoms with E-state index in [1.807, 2.05) is 0 Å². The second-order valence-electron chi connectivity index (χ2n) is 1.05. The Morgan fingerprint density at radius 1 is 2.00 bits per heavy atom. The van der Waals surface area contributed by atoms with Crippen LogP contribution in [0.1, 0.15) is 0 Å². The Bertz CT molecular complexity index is 53.7. The minimum Gasteiger partial charge on any atom is -0.350 e. The van der Waals surface area contributed by atoms with Gasteiger partial charge >= 0.3 is 0 Å². The highest BCUT2D eigenvalue weighted by Crippen LogP contribution is 2.23. The van der Waals surface area contributed by atoms with Gasteiger partial charge in [-0.05, 0) is 0 Å². The molecule has 2 nitrogen and oxygen atoms in total. The third-order valence-corrected chi connectivity index (χ3v) is 0.902. The molecule has 0 radical (unpaired) electrons. The zero-order valence-electron chi connectivity index (χ0n) is 4.29. The minimum absolute atomic E-state index is 0.443. The molecule has 0 spiro atoms. The molecule has 0 saturated heterocycles. The summed E-state index contributed by atoms with van der Waals surface area (Å²) in [4.78, 5) is 8.48. The molecule has 0 aromatic carbocycles. The highest BCUT2D eigenvalue weighted by Gasteiger charge is 1.88. The second-order valence-corrected chi connectivity index (χ2v) is 2.24. The Kier molecular flexibility index (Phi) is 4.31. The van der Waals surface area contributed by atoms with E-state index in [4.69, 9.17) is 9.42 Å². The molecule has 0 aromatic heterocycles. The smallest absolute Gasteiger partial charge is 0.164 e. The molecule has 1 N–H and O–H groups in total. The molecule has 0 rings (SSSR count). The summed E-state index contributed by atoms with van der Waals surface area (Å²) >= 11 is 0. The van der Waals surface area contributed by atoms with Crippen LogP contribution in [-0.2, 0) is 4.52 Å². The van der Waals surface area contributed by atoms with Gasteiger partial charge in [0.2, 0.25) is 0 Å². The lowest BCUT2D eigenvalue weighted by Crippen LogP contribution is -1.80. The summed E-state index contributed by atoms with van der Waals surface area (Å²) in [5.74, 6) is 0. The Morgan fingerprint density at radius 3 is 2.71 bits per heavy atom. The summed E-state index contributed by atoms with van der Waals surface area (Å²) in [7, 11) is -1.18. The first kappa shape index (κ1) is 7.09. The first-order chi connectivity index (χ1) is 3.27. The quantitative estimate of drug-likeness (QED) is 0.446. The minimum atomic E-state index is -1.18. The molecular weight excluding hydrogens is 111 g/mol. The molecule has 0 fully saturated rings. The molecule has 0 heterocycles. The van der Waals surface area contributed by atoms with E-state index >= 15 is 0 Å². The van der Waals surface area contributed by atoms with Crippen LogP contribution < -0.4 is 0 Å². The predicted octanol–water partition coefficient (Wildman–Crippen LogP) is 1.12.